The second-order valence-corrected chi connectivity index (χ2v) is 4.95. The molecule has 0 aliphatic heterocycles. The van der Waals surface area contributed by atoms with Crippen molar-refractivity contribution in [3.05, 3.63) is 47.7 Å². The maximum atomic E-state index is 8.92. The number of methoxy groups -OCH3 is 1. The van der Waals surface area contributed by atoms with E-state index in [0.717, 1.165) is 16.9 Å². The highest BCUT2D eigenvalue weighted by Gasteiger charge is 2.12. The molecule has 0 amide bonds. The van der Waals surface area contributed by atoms with E-state index in [1.807, 2.05) is 37.3 Å². The Labute approximate surface area is 133 Å². The average Bonchev–Trinajstić information content (AvgIpc) is 2.95. The fourth-order valence-corrected chi connectivity index (χ4v) is 2.23. The van der Waals surface area contributed by atoms with Crippen molar-refractivity contribution in [3.63, 3.8) is 0 Å². The molecule has 7 nitrogen and oxygen atoms in total. The van der Waals surface area contributed by atoms with Gasteiger partial charge in [-0.2, -0.15) is 15.0 Å². The summed E-state index contributed by atoms with van der Waals surface area (Å²) in [6.45, 7) is 2.00. The van der Waals surface area contributed by atoms with Crippen LogP contribution in [0.15, 0.2) is 36.5 Å². The minimum Gasteiger partial charge on any atom is -0.496 e. The van der Waals surface area contributed by atoms with Crippen LogP contribution in [0.2, 0.25) is 0 Å². The van der Waals surface area contributed by atoms with Crippen LogP contribution in [0.1, 0.15) is 11.1 Å². The van der Waals surface area contributed by atoms with E-state index in [1.165, 1.54) is 10.9 Å². The second-order valence-electron chi connectivity index (χ2n) is 4.95. The Hall–Kier alpha value is -3.40. The molecular formula is C16H14N6O. The first-order valence-corrected chi connectivity index (χ1v) is 6.86. The number of nitrogens with two attached hydrogens (primary N) is 1. The molecule has 0 atom stereocenters. The third-order valence-electron chi connectivity index (χ3n) is 3.43. The Kier molecular flexibility index (Phi) is 3.65. The first kappa shape index (κ1) is 14.5. The molecule has 0 aliphatic rings. The highest BCUT2D eigenvalue weighted by Crippen LogP contribution is 2.29. The van der Waals surface area contributed by atoms with Gasteiger partial charge in [0.05, 0.1) is 19.0 Å². The summed E-state index contributed by atoms with van der Waals surface area (Å²) in [6, 6.07) is 11.4. The Morgan fingerprint density at radius 2 is 2.04 bits per heavy atom. The molecule has 0 saturated carbocycles. The molecule has 0 spiro atoms. The molecule has 0 saturated heterocycles. The van der Waals surface area contributed by atoms with Crippen LogP contribution in [0.4, 0.5) is 5.82 Å². The van der Waals surface area contributed by atoms with Gasteiger partial charge in [0.25, 0.3) is 0 Å². The summed E-state index contributed by atoms with van der Waals surface area (Å²) in [7, 11) is 1.61. The van der Waals surface area contributed by atoms with E-state index in [9.17, 15) is 0 Å². The van der Waals surface area contributed by atoms with E-state index in [1.54, 1.807) is 13.2 Å². The van der Waals surface area contributed by atoms with Crippen molar-refractivity contribution in [2.45, 2.75) is 6.92 Å². The third-order valence-corrected chi connectivity index (χ3v) is 3.43. The lowest BCUT2D eigenvalue weighted by Crippen LogP contribution is -2.06. The summed E-state index contributed by atoms with van der Waals surface area (Å²) in [4.78, 5) is 0. The Bertz CT molecular complexity index is 892. The minimum absolute atomic E-state index is 0.239. The lowest BCUT2D eigenvalue weighted by Gasteiger charge is -2.09. The van der Waals surface area contributed by atoms with Gasteiger partial charge in [0, 0.05) is 5.56 Å². The summed E-state index contributed by atoms with van der Waals surface area (Å²) in [5, 5.41) is 21.3. The number of nitrogens with zero attached hydrogens (tertiary/aromatic N) is 5. The van der Waals surface area contributed by atoms with Gasteiger partial charge in [0.15, 0.2) is 5.82 Å². The molecule has 114 valence electrons. The lowest BCUT2D eigenvalue weighted by molar-refractivity contribution is 0.416. The highest BCUT2D eigenvalue weighted by atomic mass is 16.5. The van der Waals surface area contributed by atoms with E-state index < -0.39 is 0 Å². The molecular weight excluding hydrogens is 292 g/mol. The van der Waals surface area contributed by atoms with Crippen molar-refractivity contribution in [1.82, 2.24) is 20.0 Å². The van der Waals surface area contributed by atoms with E-state index in [4.69, 9.17) is 15.7 Å². The van der Waals surface area contributed by atoms with Crippen LogP contribution in [-0.2, 0) is 0 Å². The van der Waals surface area contributed by atoms with Gasteiger partial charge >= 0.3 is 0 Å². The molecule has 0 bridgehead atoms. The average molecular weight is 306 g/mol. The van der Waals surface area contributed by atoms with Crippen molar-refractivity contribution >= 4 is 5.82 Å². The summed E-state index contributed by atoms with van der Waals surface area (Å²) >= 11 is 0. The van der Waals surface area contributed by atoms with Crippen molar-refractivity contribution in [1.29, 1.82) is 5.26 Å². The standard InChI is InChI=1S/C16H14N6O/c1-10-3-5-14(23-2)12(7-10)13-4-6-15(21-20-13)22-16(18)11(8-17)9-19-22/h3-7,9H,18H2,1-2H3. The van der Waals surface area contributed by atoms with Gasteiger partial charge in [-0.25, -0.2) is 0 Å². The monoisotopic (exact) mass is 306 g/mol. The van der Waals surface area contributed by atoms with Gasteiger partial charge in [-0.3, -0.25) is 0 Å². The number of nitriles is 1. The molecule has 2 heterocycles. The lowest BCUT2D eigenvalue weighted by atomic mass is 10.1. The van der Waals surface area contributed by atoms with Crippen LogP contribution in [0.25, 0.3) is 17.1 Å². The van der Waals surface area contributed by atoms with Crippen LogP contribution < -0.4 is 10.5 Å². The molecule has 7 heteroatoms. The number of hydrogen-bond acceptors (Lipinski definition) is 6. The Morgan fingerprint density at radius 3 is 2.65 bits per heavy atom. The molecule has 0 fully saturated rings. The van der Waals surface area contributed by atoms with Gasteiger partial charge in [-0.15, -0.1) is 10.2 Å². The molecule has 1 aromatic carbocycles. The maximum absolute atomic E-state index is 8.92. The van der Waals surface area contributed by atoms with E-state index in [0.29, 0.717) is 17.1 Å². The van der Waals surface area contributed by atoms with Crippen LogP contribution in [0.3, 0.4) is 0 Å². The summed E-state index contributed by atoms with van der Waals surface area (Å²) in [6.07, 6.45) is 1.40. The summed E-state index contributed by atoms with van der Waals surface area (Å²) in [5.41, 5.74) is 8.79. The van der Waals surface area contributed by atoms with E-state index in [2.05, 4.69) is 15.3 Å². The number of rotatable bonds is 3. The van der Waals surface area contributed by atoms with E-state index >= 15 is 0 Å². The fraction of sp³-hybridized carbons (Fsp3) is 0.125. The van der Waals surface area contributed by atoms with Crippen molar-refractivity contribution < 1.29 is 4.74 Å². The van der Waals surface area contributed by atoms with Crippen molar-refractivity contribution in [2.24, 2.45) is 0 Å². The predicted octanol–water partition coefficient (Wildman–Crippen LogP) is 2.10. The van der Waals surface area contributed by atoms with Crippen LogP contribution in [-0.4, -0.2) is 27.1 Å². The summed E-state index contributed by atoms with van der Waals surface area (Å²) in [5.74, 6) is 1.41. The third kappa shape index (κ3) is 2.58. The second kappa shape index (κ2) is 5.77. The molecule has 0 aliphatic carbocycles. The number of aromatic nitrogens is 4. The van der Waals surface area contributed by atoms with Gasteiger partial charge in [-0.1, -0.05) is 11.6 Å². The molecule has 2 aromatic heterocycles. The van der Waals surface area contributed by atoms with E-state index in [-0.39, 0.29) is 5.82 Å². The van der Waals surface area contributed by atoms with Gasteiger partial charge in [0.1, 0.15) is 23.2 Å². The zero-order valence-electron chi connectivity index (χ0n) is 12.7. The number of hydrogen-bond donors (Lipinski definition) is 1. The largest absolute Gasteiger partial charge is 0.496 e. The predicted molar refractivity (Wildman–Crippen MR) is 85.0 cm³/mol. The molecule has 3 rings (SSSR count). The summed E-state index contributed by atoms with van der Waals surface area (Å²) < 4.78 is 6.74. The Morgan fingerprint density at radius 1 is 1.22 bits per heavy atom. The molecule has 0 radical (unpaired) electrons. The smallest absolute Gasteiger partial charge is 0.178 e. The number of anilines is 1. The number of nitrogen functional groups attached to an aromatic ring is 1. The zero-order chi connectivity index (χ0) is 16.4. The van der Waals surface area contributed by atoms with Gasteiger partial charge in [-0.05, 0) is 31.2 Å². The van der Waals surface area contributed by atoms with Gasteiger partial charge in [0.2, 0.25) is 0 Å². The Balaban J connectivity index is 2.01. The molecule has 23 heavy (non-hydrogen) atoms. The van der Waals surface area contributed by atoms with Gasteiger partial charge < -0.3 is 10.5 Å². The van der Waals surface area contributed by atoms with Crippen molar-refractivity contribution in [3.8, 4) is 28.9 Å². The van der Waals surface area contributed by atoms with Crippen LogP contribution >= 0.6 is 0 Å². The van der Waals surface area contributed by atoms with Crippen LogP contribution in [0, 0.1) is 18.3 Å². The normalized spacial score (nSPS) is 10.3. The van der Waals surface area contributed by atoms with Crippen molar-refractivity contribution in [2.75, 3.05) is 12.8 Å². The topological polar surface area (TPSA) is 103 Å². The minimum atomic E-state index is 0.239. The first-order valence-electron chi connectivity index (χ1n) is 6.86. The number of ether oxygens (including phenoxy) is 1. The quantitative estimate of drug-likeness (QED) is 0.795. The van der Waals surface area contributed by atoms with Crippen LogP contribution in [0.5, 0.6) is 5.75 Å². The molecule has 2 N–H and O–H groups in total. The number of benzene rings is 1. The molecule has 3 aromatic rings. The maximum Gasteiger partial charge on any atom is 0.178 e. The molecule has 0 unspecified atom stereocenters. The zero-order valence-corrected chi connectivity index (χ0v) is 12.7. The fourth-order valence-electron chi connectivity index (χ4n) is 2.23. The highest BCUT2D eigenvalue weighted by molar-refractivity contribution is 5.68. The first-order chi connectivity index (χ1) is 11.1. The number of aryl methyl sites for hydroxylation is 1. The SMILES string of the molecule is COc1ccc(C)cc1-c1ccc(-n2ncc(C#N)c2N)nn1.